The zero-order valence-corrected chi connectivity index (χ0v) is 24.3. The third kappa shape index (κ3) is 4.24. The molecule has 0 bridgehead atoms. The van der Waals surface area contributed by atoms with E-state index in [9.17, 15) is 19.2 Å². The summed E-state index contributed by atoms with van der Waals surface area (Å²) >= 11 is 6.83. The van der Waals surface area contributed by atoms with Gasteiger partial charge in [0.2, 0.25) is 11.8 Å². The van der Waals surface area contributed by atoms with Gasteiger partial charge in [-0.1, -0.05) is 52.3 Å². The van der Waals surface area contributed by atoms with Crippen molar-refractivity contribution in [3.63, 3.8) is 0 Å². The van der Waals surface area contributed by atoms with Gasteiger partial charge in [-0.3, -0.25) is 19.2 Å². The van der Waals surface area contributed by atoms with Crippen LogP contribution in [-0.2, 0) is 9.59 Å². The predicted molar refractivity (Wildman–Crippen MR) is 156 cm³/mol. The molecule has 40 heavy (non-hydrogen) atoms. The van der Waals surface area contributed by atoms with Crippen LogP contribution in [0.4, 0.5) is 5.69 Å². The Morgan fingerprint density at radius 3 is 2.23 bits per heavy atom. The molecular weight excluding hydrogens is 640 g/mol. The van der Waals surface area contributed by atoms with Gasteiger partial charge in [0.1, 0.15) is 11.8 Å². The number of halogens is 2. The SMILES string of the molecule is COc1ccc(C(=O)[C@@H]2[C@H]3C(=O)N(c4ccc(Br)cc4)C(=O)[C@@H]3[C@H]3C=C(C(=O)c4ccccc4)C=CN32)cc1Br. The number of fused-ring (bicyclic) bond motifs is 3. The molecule has 3 heterocycles. The second kappa shape index (κ2) is 10.3. The molecule has 6 rings (SSSR count). The maximum atomic E-state index is 14.1. The summed E-state index contributed by atoms with van der Waals surface area (Å²) in [6.45, 7) is 0. The number of ether oxygens (including phenoxy) is 1. The Kier molecular flexibility index (Phi) is 6.80. The first kappa shape index (κ1) is 26.4. The van der Waals surface area contributed by atoms with Crippen LogP contribution in [0.25, 0.3) is 0 Å². The largest absolute Gasteiger partial charge is 0.496 e. The Bertz CT molecular complexity index is 1620. The molecule has 0 unspecified atom stereocenters. The van der Waals surface area contributed by atoms with Crippen molar-refractivity contribution >= 4 is 60.9 Å². The molecule has 7 nitrogen and oxygen atoms in total. The van der Waals surface area contributed by atoms with Gasteiger partial charge in [-0.15, -0.1) is 0 Å². The van der Waals surface area contributed by atoms with E-state index in [1.54, 1.807) is 90.0 Å². The highest BCUT2D eigenvalue weighted by atomic mass is 79.9. The number of benzene rings is 3. The van der Waals surface area contributed by atoms with Crippen molar-refractivity contribution in [3.8, 4) is 5.75 Å². The molecule has 0 aromatic heterocycles. The lowest BCUT2D eigenvalue weighted by atomic mass is 9.85. The van der Waals surface area contributed by atoms with Gasteiger partial charge in [0.25, 0.3) is 0 Å². The third-order valence-electron chi connectivity index (χ3n) is 7.64. The van der Waals surface area contributed by atoms with E-state index in [1.807, 2.05) is 6.07 Å². The highest BCUT2D eigenvalue weighted by Gasteiger charge is 2.63. The number of carbonyl (C=O) groups is 4. The number of anilines is 1. The molecule has 4 atom stereocenters. The summed E-state index contributed by atoms with van der Waals surface area (Å²) in [5.74, 6) is -2.51. The lowest BCUT2D eigenvalue weighted by Gasteiger charge is -2.33. The summed E-state index contributed by atoms with van der Waals surface area (Å²) in [4.78, 5) is 58.2. The molecule has 3 aliphatic rings. The summed E-state index contributed by atoms with van der Waals surface area (Å²) in [6.07, 6.45) is 5.05. The fraction of sp³-hybridized carbons (Fsp3) is 0.161. The van der Waals surface area contributed by atoms with Crippen molar-refractivity contribution in [3.05, 3.63) is 117 Å². The van der Waals surface area contributed by atoms with Gasteiger partial charge in [0, 0.05) is 27.4 Å². The van der Waals surface area contributed by atoms with E-state index in [0.29, 0.717) is 32.6 Å². The van der Waals surface area contributed by atoms with Crippen molar-refractivity contribution in [2.24, 2.45) is 11.8 Å². The van der Waals surface area contributed by atoms with E-state index < -0.39 is 35.7 Å². The van der Waals surface area contributed by atoms with Crippen LogP contribution < -0.4 is 9.64 Å². The lowest BCUT2D eigenvalue weighted by molar-refractivity contribution is -0.123. The van der Waals surface area contributed by atoms with Crippen LogP contribution in [0, 0.1) is 11.8 Å². The minimum Gasteiger partial charge on any atom is -0.496 e. The summed E-state index contributed by atoms with van der Waals surface area (Å²) < 4.78 is 6.71. The van der Waals surface area contributed by atoms with Gasteiger partial charge >= 0.3 is 0 Å². The quantitative estimate of drug-likeness (QED) is 0.253. The van der Waals surface area contributed by atoms with Crippen LogP contribution in [-0.4, -0.2) is 47.5 Å². The summed E-state index contributed by atoms with van der Waals surface area (Å²) in [6, 6.07) is 19.2. The predicted octanol–water partition coefficient (Wildman–Crippen LogP) is 5.60. The number of rotatable bonds is 6. The minimum atomic E-state index is -0.937. The smallest absolute Gasteiger partial charge is 0.240 e. The number of allylic oxidation sites excluding steroid dienone is 2. The first-order valence-corrected chi connectivity index (χ1v) is 14.2. The van der Waals surface area contributed by atoms with Crippen molar-refractivity contribution in [1.29, 1.82) is 0 Å². The zero-order valence-electron chi connectivity index (χ0n) is 21.2. The van der Waals surface area contributed by atoms with Crippen molar-refractivity contribution in [2.75, 3.05) is 12.0 Å². The maximum absolute atomic E-state index is 14.1. The highest BCUT2D eigenvalue weighted by molar-refractivity contribution is 9.10. The topological polar surface area (TPSA) is 84.0 Å². The number of imide groups is 1. The van der Waals surface area contributed by atoms with Gasteiger partial charge in [-0.05, 0) is 64.5 Å². The van der Waals surface area contributed by atoms with E-state index in [-0.39, 0.29) is 11.6 Å². The monoisotopic (exact) mass is 660 g/mol. The molecule has 2 fully saturated rings. The molecule has 0 aliphatic carbocycles. The molecule has 9 heteroatoms. The van der Waals surface area contributed by atoms with E-state index in [4.69, 9.17) is 4.74 Å². The van der Waals surface area contributed by atoms with E-state index in [1.165, 1.54) is 12.0 Å². The molecule has 0 spiro atoms. The Morgan fingerprint density at radius 1 is 0.850 bits per heavy atom. The average molecular weight is 662 g/mol. The molecule has 0 N–H and O–H groups in total. The number of hydrogen-bond donors (Lipinski definition) is 0. The van der Waals surface area contributed by atoms with Gasteiger partial charge in [0.15, 0.2) is 11.6 Å². The normalized spacial score (nSPS) is 23.1. The number of Topliss-reactive ketones (excluding diaryl/α,β-unsaturated/α-hetero) is 2. The highest BCUT2D eigenvalue weighted by Crippen LogP contribution is 2.47. The van der Waals surface area contributed by atoms with Crippen molar-refractivity contribution in [2.45, 2.75) is 12.1 Å². The molecule has 200 valence electrons. The Hall–Kier alpha value is -3.82. The van der Waals surface area contributed by atoms with E-state index in [2.05, 4.69) is 31.9 Å². The van der Waals surface area contributed by atoms with Crippen LogP contribution in [0.1, 0.15) is 20.7 Å². The van der Waals surface area contributed by atoms with Crippen LogP contribution in [0.15, 0.2) is 106 Å². The lowest BCUT2D eigenvalue weighted by Crippen LogP contribution is -2.46. The van der Waals surface area contributed by atoms with E-state index >= 15 is 0 Å². The molecule has 0 saturated carbocycles. The zero-order chi connectivity index (χ0) is 28.1. The Labute approximate surface area is 247 Å². The van der Waals surface area contributed by atoms with Crippen LogP contribution in [0.3, 0.4) is 0 Å². The fourth-order valence-corrected chi connectivity index (χ4v) is 6.59. The molecule has 2 amide bonds. The summed E-state index contributed by atoms with van der Waals surface area (Å²) in [5, 5.41) is 0. The first-order chi connectivity index (χ1) is 19.3. The number of amides is 2. The first-order valence-electron chi connectivity index (χ1n) is 12.6. The number of carbonyl (C=O) groups excluding carboxylic acids is 4. The van der Waals surface area contributed by atoms with E-state index in [0.717, 1.165) is 4.47 Å². The maximum Gasteiger partial charge on any atom is 0.240 e. The fourth-order valence-electron chi connectivity index (χ4n) is 5.79. The van der Waals surface area contributed by atoms with Crippen molar-refractivity contribution < 1.29 is 23.9 Å². The molecular formula is C31H22Br2N2O5. The molecule has 0 radical (unpaired) electrons. The minimum absolute atomic E-state index is 0.191. The molecule has 3 aromatic rings. The van der Waals surface area contributed by atoms with Gasteiger partial charge in [-0.25, -0.2) is 4.90 Å². The number of nitrogens with zero attached hydrogens (tertiary/aromatic N) is 2. The summed E-state index contributed by atoms with van der Waals surface area (Å²) in [7, 11) is 1.53. The number of hydrogen-bond acceptors (Lipinski definition) is 6. The second-order valence-electron chi connectivity index (χ2n) is 9.77. The molecule has 3 aromatic carbocycles. The standard InChI is InChI=1S/C31H22Br2N2O5/c1-40-24-12-7-18(15-22(24)33)29(37)27-26-25(30(38)35(31(26)39)21-10-8-20(32)9-11-21)23-16-19(13-14-34(23)27)28(36)17-5-3-2-4-6-17/h2-16,23,25-27H,1H3/t23-,25-,26+,27+/m1/s1. The van der Waals surface area contributed by atoms with Gasteiger partial charge in [0.05, 0.1) is 35.1 Å². The molecule has 2 saturated heterocycles. The van der Waals surface area contributed by atoms with Crippen molar-refractivity contribution in [1.82, 2.24) is 4.90 Å². The number of methoxy groups -OCH3 is 1. The Balaban J connectivity index is 1.43. The van der Waals surface area contributed by atoms with Crippen LogP contribution in [0.5, 0.6) is 5.75 Å². The average Bonchev–Trinajstić information content (AvgIpc) is 3.44. The Morgan fingerprint density at radius 2 is 1.55 bits per heavy atom. The van der Waals surface area contributed by atoms with Gasteiger partial charge in [-0.2, -0.15) is 0 Å². The number of ketones is 2. The van der Waals surface area contributed by atoms with Crippen LogP contribution >= 0.6 is 31.9 Å². The third-order valence-corrected chi connectivity index (χ3v) is 8.78. The molecule has 3 aliphatic heterocycles. The van der Waals surface area contributed by atoms with Gasteiger partial charge < -0.3 is 9.64 Å². The summed E-state index contributed by atoms with van der Waals surface area (Å²) in [5.41, 5.74) is 1.74. The van der Waals surface area contributed by atoms with Crippen LogP contribution in [0.2, 0.25) is 0 Å². The second-order valence-corrected chi connectivity index (χ2v) is 11.5.